The minimum absolute atomic E-state index is 0.151. The van der Waals surface area contributed by atoms with Gasteiger partial charge in [-0.1, -0.05) is 30.8 Å². The lowest BCUT2D eigenvalue weighted by Crippen LogP contribution is -1.28. The van der Waals surface area contributed by atoms with Crippen molar-refractivity contribution in [2.75, 3.05) is 0 Å². The summed E-state index contributed by atoms with van der Waals surface area (Å²) in [6.07, 6.45) is 0. The molecule has 4 heteroatoms. The van der Waals surface area contributed by atoms with Crippen molar-refractivity contribution >= 4 is 30.8 Å². The molecule has 0 aliphatic rings. The van der Waals surface area contributed by atoms with Gasteiger partial charge in [0.1, 0.15) is 0 Å². The van der Waals surface area contributed by atoms with E-state index in [1.165, 1.54) is 16.4 Å². The summed E-state index contributed by atoms with van der Waals surface area (Å²) in [6, 6.07) is 0. The highest BCUT2D eigenvalue weighted by atomic mass is 32.0. The van der Waals surface area contributed by atoms with Crippen LogP contribution in [0.25, 0.3) is 0 Å². The van der Waals surface area contributed by atoms with E-state index in [4.69, 9.17) is 0 Å². The first-order valence-electron chi connectivity index (χ1n) is 2.93. The second-order valence-electron chi connectivity index (χ2n) is 1.89. The Bertz CT molecular complexity index is 249. The molecule has 0 fully saturated rings. The molecule has 2 aromatic rings. The SMILES string of the molecule is c1cp(-p2ccpc2)cp1. The first-order valence-corrected chi connectivity index (χ1v) is 8.66. The van der Waals surface area contributed by atoms with Crippen LogP contribution in [0.15, 0.2) is 34.3 Å². The predicted octanol–water partition coefficient (Wildman–Crippen LogP) is 5.13. The molecule has 0 aliphatic carbocycles. The van der Waals surface area contributed by atoms with Gasteiger partial charge in [0.05, 0.1) is 0 Å². The van der Waals surface area contributed by atoms with Crippen LogP contribution >= 0.6 is 30.8 Å². The van der Waals surface area contributed by atoms with E-state index in [0.717, 1.165) is 0 Å². The Balaban J connectivity index is 2.48. The van der Waals surface area contributed by atoms with Gasteiger partial charge < -0.3 is 0 Å². The topological polar surface area (TPSA) is 0 Å². The lowest BCUT2D eigenvalue weighted by Gasteiger charge is -1.89. The lowest BCUT2D eigenvalue weighted by molar-refractivity contribution is 2.37. The van der Waals surface area contributed by atoms with Crippen molar-refractivity contribution in [1.29, 1.82) is 0 Å². The van der Waals surface area contributed by atoms with E-state index < -0.39 is 0 Å². The Morgan fingerprint density at radius 3 is 1.60 bits per heavy atom. The summed E-state index contributed by atoms with van der Waals surface area (Å²) in [5.74, 6) is 9.32. The Morgan fingerprint density at radius 2 is 1.30 bits per heavy atom. The number of hydrogen-bond donors (Lipinski definition) is 0. The quantitative estimate of drug-likeness (QED) is 0.601. The van der Waals surface area contributed by atoms with E-state index in [2.05, 4.69) is 34.3 Å². The fourth-order valence-electron chi connectivity index (χ4n) is 0.777. The van der Waals surface area contributed by atoms with E-state index in [1.807, 2.05) is 0 Å². The summed E-state index contributed by atoms with van der Waals surface area (Å²) in [6.45, 7) is 0. The fourth-order valence-corrected chi connectivity index (χ4v) is 11.3. The zero-order valence-electron chi connectivity index (χ0n) is 5.25. The summed E-state index contributed by atoms with van der Waals surface area (Å²) < 4.78 is 0. The largest absolute Gasteiger partial charge is 0.0711 e. The maximum Gasteiger partial charge on any atom is -0.00717 e. The fraction of sp³-hybridized carbons (Fsp3) is 0. The Labute approximate surface area is 65.5 Å². The van der Waals surface area contributed by atoms with Crippen LogP contribution in [0.5, 0.6) is 0 Å². The van der Waals surface area contributed by atoms with Gasteiger partial charge in [-0.3, -0.25) is 0 Å². The van der Waals surface area contributed by atoms with Gasteiger partial charge in [0.15, 0.2) is 0 Å². The van der Waals surface area contributed by atoms with Gasteiger partial charge in [0, 0.05) is 0 Å². The van der Waals surface area contributed by atoms with Gasteiger partial charge in [-0.05, 0) is 34.3 Å². The lowest BCUT2D eigenvalue weighted by atomic mass is 11.2. The molecular formula is C6H6P4. The molecule has 0 N–H and O–H groups in total. The molecule has 0 aliphatic heterocycles. The number of rotatable bonds is 1. The van der Waals surface area contributed by atoms with Crippen molar-refractivity contribution in [3.05, 3.63) is 34.3 Å². The van der Waals surface area contributed by atoms with E-state index in [-0.39, 0.29) is 14.4 Å². The molecule has 50 valence electrons. The van der Waals surface area contributed by atoms with Crippen molar-refractivity contribution in [2.24, 2.45) is 0 Å². The zero-order chi connectivity index (χ0) is 6.81. The first kappa shape index (κ1) is 7.09. The van der Waals surface area contributed by atoms with Crippen molar-refractivity contribution < 1.29 is 0 Å². The van der Waals surface area contributed by atoms with Crippen molar-refractivity contribution in [2.45, 2.75) is 0 Å². The second kappa shape index (κ2) is 3.21. The van der Waals surface area contributed by atoms with Crippen LogP contribution in [0.4, 0.5) is 0 Å². The average Bonchev–Trinajstić information content (AvgIpc) is 2.59. The monoisotopic (exact) mass is 202 g/mol. The minimum Gasteiger partial charge on any atom is -0.0711 e. The van der Waals surface area contributed by atoms with Crippen LogP contribution in [0, 0.1) is 0 Å². The third kappa shape index (κ3) is 1.37. The molecule has 0 saturated carbocycles. The van der Waals surface area contributed by atoms with Crippen molar-refractivity contribution in [1.82, 2.24) is 0 Å². The standard InChI is InChI=1S/C6H6P4/c1-3-9(5-7-1)10-4-2-8-6-10/h1-6H. The molecule has 2 aromatic heterocycles. The maximum atomic E-state index is 2.45. The molecule has 0 spiro atoms. The van der Waals surface area contributed by atoms with Gasteiger partial charge in [0.2, 0.25) is 0 Å². The molecule has 0 nitrogen and oxygen atoms in total. The summed E-state index contributed by atoms with van der Waals surface area (Å²) in [4.78, 5) is 0. The molecule has 0 aromatic carbocycles. The van der Waals surface area contributed by atoms with E-state index >= 15 is 0 Å². The van der Waals surface area contributed by atoms with E-state index in [1.54, 1.807) is 0 Å². The first-order chi connectivity index (χ1) is 4.97. The van der Waals surface area contributed by atoms with Crippen LogP contribution in [0.3, 0.4) is 0 Å². The molecule has 2 unspecified atom stereocenters. The molecule has 2 rings (SSSR count). The van der Waals surface area contributed by atoms with Gasteiger partial charge in [-0.15, -0.1) is 0 Å². The summed E-state index contributed by atoms with van der Waals surface area (Å²) in [5, 5.41) is 0. The Morgan fingerprint density at radius 1 is 0.800 bits per heavy atom. The molecule has 0 saturated heterocycles. The molecule has 2 heterocycles. The molecule has 0 amide bonds. The van der Waals surface area contributed by atoms with Gasteiger partial charge >= 0.3 is 0 Å². The third-order valence-corrected chi connectivity index (χ3v) is 11.0. The molecular weight excluding hydrogens is 196 g/mol. The van der Waals surface area contributed by atoms with Crippen molar-refractivity contribution in [3.63, 3.8) is 0 Å². The minimum atomic E-state index is 0.151. The van der Waals surface area contributed by atoms with Crippen LogP contribution in [-0.4, -0.2) is 0 Å². The van der Waals surface area contributed by atoms with Gasteiger partial charge in [-0.25, -0.2) is 0 Å². The van der Waals surface area contributed by atoms with Crippen LogP contribution in [0.1, 0.15) is 0 Å². The highest BCUT2D eigenvalue weighted by molar-refractivity contribution is 8.22. The predicted molar refractivity (Wildman–Crippen MR) is 54.1 cm³/mol. The summed E-state index contributed by atoms with van der Waals surface area (Å²) in [5.41, 5.74) is 4.89. The van der Waals surface area contributed by atoms with Crippen molar-refractivity contribution in [3.8, 4) is 0 Å². The Kier molecular flexibility index (Phi) is 2.28. The normalized spacial score (nSPS) is 15.2. The second-order valence-corrected chi connectivity index (χ2v) is 9.81. The highest BCUT2D eigenvalue weighted by Gasteiger charge is 1.92. The third-order valence-electron chi connectivity index (χ3n) is 1.25. The van der Waals surface area contributed by atoms with Gasteiger partial charge in [0.25, 0.3) is 0 Å². The maximum absolute atomic E-state index is 2.45. The molecule has 2 atom stereocenters. The zero-order valence-corrected chi connectivity index (χ0v) is 8.83. The summed E-state index contributed by atoms with van der Waals surface area (Å²) >= 11 is 0. The van der Waals surface area contributed by atoms with E-state index in [9.17, 15) is 0 Å². The van der Waals surface area contributed by atoms with Crippen LogP contribution in [0.2, 0.25) is 0 Å². The summed E-state index contributed by atoms with van der Waals surface area (Å²) in [7, 11) is 3.15. The highest BCUT2D eigenvalue weighted by Crippen LogP contribution is 2.58. The van der Waals surface area contributed by atoms with Crippen LogP contribution < -0.4 is 0 Å². The molecule has 0 bridgehead atoms. The Hall–Kier alpha value is 0.420. The van der Waals surface area contributed by atoms with E-state index in [0.29, 0.717) is 0 Å². The smallest absolute Gasteiger partial charge is 0.00717 e. The van der Waals surface area contributed by atoms with Crippen LogP contribution in [-0.2, 0) is 0 Å². The van der Waals surface area contributed by atoms with Gasteiger partial charge in [-0.2, -0.15) is 0 Å². The number of hydrogen-bond acceptors (Lipinski definition) is 0. The average molecular weight is 202 g/mol. The molecule has 0 radical (unpaired) electrons. The molecule has 10 heavy (non-hydrogen) atoms.